The Bertz CT molecular complexity index is 1550. The molecule has 1 saturated carbocycles. The van der Waals surface area contributed by atoms with Crippen LogP contribution >= 0.6 is 23.4 Å². The lowest BCUT2D eigenvalue weighted by molar-refractivity contribution is -0.138. The zero-order valence-corrected chi connectivity index (χ0v) is 24.9. The number of carboxylic acids is 1. The molecule has 0 spiro atoms. The van der Waals surface area contributed by atoms with Gasteiger partial charge >= 0.3 is 5.97 Å². The molecule has 0 amide bonds. The van der Waals surface area contributed by atoms with Crippen molar-refractivity contribution in [3.63, 3.8) is 0 Å². The van der Waals surface area contributed by atoms with E-state index in [1.807, 2.05) is 67.2 Å². The van der Waals surface area contributed by atoms with Gasteiger partial charge in [-0.1, -0.05) is 85.3 Å². The molecule has 6 heteroatoms. The Morgan fingerprint density at radius 1 is 1.05 bits per heavy atom. The zero-order valence-electron chi connectivity index (χ0n) is 23.3. The van der Waals surface area contributed by atoms with Crippen molar-refractivity contribution in [2.24, 2.45) is 5.41 Å². The second-order valence-electron chi connectivity index (χ2n) is 11.1. The van der Waals surface area contributed by atoms with E-state index >= 15 is 0 Å². The highest BCUT2D eigenvalue weighted by Gasteiger charge is 2.44. The molecule has 4 aromatic rings. The van der Waals surface area contributed by atoms with Crippen LogP contribution < -0.4 is 0 Å². The monoisotopic (exact) mass is 585 g/mol. The van der Waals surface area contributed by atoms with Gasteiger partial charge in [0.15, 0.2) is 0 Å². The summed E-state index contributed by atoms with van der Waals surface area (Å²) in [6.45, 7) is 2.00. The third-order valence-electron chi connectivity index (χ3n) is 7.96. The first-order chi connectivity index (χ1) is 19.8. The van der Waals surface area contributed by atoms with E-state index in [0.29, 0.717) is 11.4 Å². The average molecular weight is 586 g/mol. The summed E-state index contributed by atoms with van der Waals surface area (Å²) in [4.78, 5) is 16.2. The van der Waals surface area contributed by atoms with Gasteiger partial charge in [-0.2, -0.15) is 11.8 Å². The van der Waals surface area contributed by atoms with Crippen molar-refractivity contribution in [2.45, 2.75) is 56.8 Å². The van der Waals surface area contributed by atoms with Gasteiger partial charge in [0, 0.05) is 21.4 Å². The number of hydrogen-bond donors (Lipinski definition) is 2. The van der Waals surface area contributed by atoms with Crippen LogP contribution in [0.25, 0.3) is 23.1 Å². The zero-order chi connectivity index (χ0) is 28.8. The number of aliphatic hydroxyl groups is 1. The minimum absolute atomic E-state index is 0.0762. The van der Waals surface area contributed by atoms with Gasteiger partial charge in [0.2, 0.25) is 0 Å². The first-order valence-corrected chi connectivity index (χ1v) is 15.7. The number of carboxylic acid groups (broad SMARTS) is 1. The van der Waals surface area contributed by atoms with Gasteiger partial charge in [0.1, 0.15) is 0 Å². The number of aliphatic hydroxyl groups excluding tert-OH is 1. The third kappa shape index (κ3) is 7.79. The molecule has 1 aliphatic carbocycles. The Labute approximate surface area is 251 Å². The molecular weight excluding hydrogens is 550 g/mol. The average Bonchev–Trinajstić information content (AvgIpc) is 3.74. The molecule has 1 heterocycles. The Morgan fingerprint density at radius 3 is 2.63 bits per heavy atom. The third-order valence-corrected chi connectivity index (χ3v) is 9.88. The number of benzene rings is 3. The maximum absolute atomic E-state index is 11.5. The van der Waals surface area contributed by atoms with Gasteiger partial charge in [-0.3, -0.25) is 4.79 Å². The number of aliphatic carboxylic acids is 1. The van der Waals surface area contributed by atoms with Crippen LogP contribution in [0.4, 0.5) is 0 Å². The molecule has 1 fully saturated rings. The van der Waals surface area contributed by atoms with Crippen LogP contribution in [0.1, 0.15) is 78.3 Å². The van der Waals surface area contributed by atoms with E-state index in [1.165, 1.54) is 11.1 Å². The minimum Gasteiger partial charge on any atom is -0.481 e. The summed E-state index contributed by atoms with van der Waals surface area (Å²) in [6.07, 6.45) is 8.29. The first-order valence-electron chi connectivity index (χ1n) is 14.3. The molecule has 41 heavy (non-hydrogen) atoms. The van der Waals surface area contributed by atoms with Crippen molar-refractivity contribution in [3.05, 3.63) is 112 Å². The molecular formula is C35H36ClNO3S. The number of aromatic nitrogens is 1. The highest BCUT2D eigenvalue weighted by atomic mass is 35.5. The van der Waals surface area contributed by atoms with Crippen LogP contribution in [0.2, 0.25) is 5.02 Å². The number of fused-ring (bicyclic) bond motifs is 1. The van der Waals surface area contributed by atoms with Crippen molar-refractivity contribution < 1.29 is 15.0 Å². The van der Waals surface area contributed by atoms with Crippen molar-refractivity contribution in [3.8, 4) is 0 Å². The van der Waals surface area contributed by atoms with Gasteiger partial charge < -0.3 is 10.2 Å². The number of hydrogen-bond acceptors (Lipinski definition) is 4. The second kappa shape index (κ2) is 13.2. The summed E-state index contributed by atoms with van der Waals surface area (Å²) in [6, 6.07) is 26.6. The Kier molecular flexibility index (Phi) is 9.49. The Balaban J connectivity index is 1.36. The Morgan fingerprint density at radius 2 is 1.85 bits per heavy atom. The molecule has 1 aliphatic rings. The molecule has 0 radical (unpaired) electrons. The van der Waals surface area contributed by atoms with E-state index < -0.39 is 12.1 Å². The molecule has 3 aromatic carbocycles. The van der Waals surface area contributed by atoms with Crippen LogP contribution in [0.15, 0.2) is 78.9 Å². The number of thioether (sulfide) groups is 1. The van der Waals surface area contributed by atoms with E-state index in [0.717, 1.165) is 59.2 Å². The Hall–Kier alpha value is -3.12. The van der Waals surface area contributed by atoms with Crippen LogP contribution in [0.5, 0.6) is 0 Å². The van der Waals surface area contributed by atoms with Gasteiger partial charge in [0.05, 0.1) is 23.7 Å². The van der Waals surface area contributed by atoms with Gasteiger partial charge in [0.25, 0.3) is 0 Å². The fourth-order valence-corrected chi connectivity index (χ4v) is 7.07. The summed E-state index contributed by atoms with van der Waals surface area (Å²) in [7, 11) is 0. The maximum Gasteiger partial charge on any atom is 0.303 e. The highest BCUT2D eigenvalue weighted by Crippen LogP contribution is 2.53. The number of pyridine rings is 1. The smallest absolute Gasteiger partial charge is 0.303 e. The molecule has 0 bridgehead atoms. The molecule has 2 N–H and O–H groups in total. The maximum atomic E-state index is 11.5. The van der Waals surface area contributed by atoms with E-state index in [9.17, 15) is 15.0 Å². The van der Waals surface area contributed by atoms with Gasteiger partial charge in [-0.15, -0.1) is 0 Å². The summed E-state index contributed by atoms with van der Waals surface area (Å²) in [5.41, 5.74) is 6.17. The van der Waals surface area contributed by atoms with E-state index in [2.05, 4.69) is 42.5 Å². The lowest BCUT2D eigenvalue weighted by atomic mass is 9.95. The van der Waals surface area contributed by atoms with Crippen molar-refractivity contribution in [1.82, 2.24) is 4.98 Å². The molecule has 212 valence electrons. The van der Waals surface area contributed by atoms with Crippen LogP contribution in [-0.2, 0) is 11.2 Å². The largest absolute Gasteiger partial charge is 0.481 e. The summed E-state index contributed by atoms with van der Waals surface area (Å²) >= 11 is 8.04. The predicted molar refractivity (Wildman–Crippen MR) is 171 cm³/mol. The SMILES string of the molecule is CCC(O)c1ccccc1CC[C@@H](SCC1(CC(=O)O)CC1)c1cccc(C=Cc2ccc3ccc(Cl)cc3n2)c1. The molecule has 2 atom stereocenters. The lowest BCUT2D eigenvalue weighted by Crippen LogP contribution is -2.12. The summed E-state index contributed by atoms with van der Waals surface area (Å²) in [5, 5.41) is 22.0. The van der Waals surface area contributed by atoms with Crippen LogP contribution in [0.3, 0.4) is 0 Å². The molecule has 1 aromatic heterocycles. The molecule has 1 unspecified atom stereocenters. The van der Waals surface area contributed by atoms with E-state index in [4.69, 9.17) is 16.6 Å². The lowest BCUT2D eigenvalue weighted by Gasteiger charge is -2.22. The van der Waals surface area contributed by atoms with Gasteiger partial charge in [-0.25, -0.2) is 4.98 Å². The quantitative estimate of drug-likeness (QED) is 0.164. The molecule has 5 rings (SSSR count). The standard InChI is InChI=1S/C35H36ClNO3S/c1-2-32(38)30-9-4-3-7-25(30)13-17-33(41-23-35(18-19-35)22-34(39)40)27-8-5-6-24(20-27)10-15-29-16-12-26-11-14-28(36)21-31(26)37-29/h3-12,14-16,20-21,32-33,38H,2,13,17-19,22-23H2,1H3,(H,39,40)/t32?,33-/m1/s1. The number of halogens is 1. The van der Waals surface area contributed by atoms with Crippen LogP contribution in [-0.4, -0.2) is 26.9 Å². The topological polar surface area (TPSA) is 70.4 Å². The van der Waals surface area contributed by atoms with Crippen molar-refractivity contribution in [2.75, 3.05) is 5.75 Å². The fourth-order valence-electron chi connectivity index (χ4n) is 5.33. The van der Waals surface area contributed by atoms with Crippen molar-refractivity contribution >= 4 is 52.4 Å². The van der Waals surface area contributed by atoms with E-state index in [1.54, 1.807) is 0 Å². The normalized spacial score (nSPS) is 15.7. The minimum atomic E-state index is -0.709. The van der Waals surface area contributed by atoms with E-state index in [-0.39, 0.29) is 17.1 Å². The molecule has 0 aliphatic heterocycles. The number of carbonyl (C=O) groups is 1. The fraction of sp³-hybridized carbons (Fsp3) is 0.314. The summed E-state index contributed by atoms with van der Waals surface area (Å²) < 4.78 is 0. The highest BCUT2D eigenvalue weighted by molar-refractivity contribution is 7.99. The summed E-state index contributed by atoms with van der Waals surface area (Å²) in [5.74, 6) is 0.131. The predicted octanol–water partition coefficient (Wildman–Crippen LogP) is 9.16. The number of nitrogens with zero attached hydrogens (tertiary/aromatic N) is 1. The van der Waals surface area contributed by atoms with Crippen LogP contribution in [0, 0.1) is 5.41 Å². The number of rotatable bonds is 13. The second-order valence-corrected chi connectivity index (χ2v) is 12.7. The van der Waals surface area contributed by atoms with Gasteiger partial charge in [-0.05, 0) is 84.0 Å². The number of aryl methyl sites for hydroxylation is 1. The molecule has 0 saturated heterocycles. The van der Waals surface area contributed by atoms with Crippen molar-refractivity contribution in [1.29, 1.82) is 0 Å². The molecule has 4 nitrogen and oxygen atoms in total. The first kappa shape index (κ1) is 29.4.